The summed E-state index contributed by atoms with van der Waals surface area (Å²) in [5, 5.41) is 10.5. The third-order valence-electron chi connectivity index (χ3n) is 3.39. The fourth-order valence-electron chi connectivity index (χ4n) is 2.62. The van der Waals surface area contributed by atoms with Gasteiger partial charge in [-0.3, -0.25) is 0 Å². The minimum absolute atomic E-state index is 0.410. The Morgan fingerprint density at radius 1 is 1.45 bits per heavy atom. The molecule has 0 aliphatic rings. The molecule has 20 heavy (non-hydrogen) atoms. The molecule has 1 N–H and O–H groups in total. The fourth-order valence-corrected chi connectivity index (χ4v) is 2.81. The Kier molecular flexibility index (Phi) is 4.46. The second-order valence-corrected chi connectivity index (χ2v) is 5.98. The van der Waals surface area contributed by atoms with E-state index in [1.807, 2.05) is 30.5 Å². The van der Waals surface area contributed by atoms with Crippen molar-refractivity contribution in [3.63, 3.8) is 0 Å². The molecule has 0 amide bonds. The molecule has 4 heteroatoms. The van der Waals surface area contributed by atoms with E-state index in [9.17, 15) is 5.26 Å². The number of H-pyrrole nitrogens is 1. The van der Waals surface area contributed by atoms with Crippen molar-refractivity contribution in [3.8, 4) is 6.07 Å². The van der Waals surface area contributed by atoms with Gasteiger partial charge in [-0.25, -0.2) is 4.98 Å². The fraction of sp³-hybridized carbons (Fsp3) is 0.375. The van der Waals surface area contributed by atoms with Gasteiger partial charge in [0, 0.05) is 17.6 Å². The molecular weight excluding hydrogens is 270 g/mol. The molecule has 1 atom stereocenters. The lowest BCUT2D eigenvalue weighted by atomic mass is 9.72. The maximum absolute atomic E-state index is 9.84. The van der Waals surface area contributed by atoms with Gasteiger partial charge < -0.3 is 4.98 Å². The van der Waals surface area contributed by atoms with Crippen LogP contribution in [0.5, 0.6) is 0 Å². The van der Waals surface area contributed by atoms with Crippen LogP contribution in [0.4, 0.5) is 0 Å². The van der Waals surface area contributed by atoms with E-state index in [1.54, 1.807) is 6.33 Å². The summed E-state index contributed by atoms with van der Waals surface area (Å²) < 4.78 is 0. The van der Waals surface area contributed by atoms with Crippen LogP contribution in [0.15, 0.2) is 36.8 Å². The predicted molar refractivity (Wildman–Crippen MR) is 80.5 cm³/mol. The highest BCUT2D eigenvalue weighted by molar-refractivity contribution is 6.30. The van der Waals surface area contributed by atoms with Gasteiger partial charge in [-0.1, -0.05) is 37.6 Å². The van der Waals surface area contributed by atoms with Crippen LogP contribution in [-0.4, -0.2) is 9.97 Å². The van der Waals surface area contributed by atoms with Crippen LogP contribution in [0, 0.1) is 17.2 Å². The topological polar surface area (TPSA) is 52.5 Å². The number of imidazole rings is 1. The first-order valence-corrected chi connectivity index (χ1v) is 7.08. The van der Waals surface area contributed by atoms with Gasteiger partial charge in [0.25, 0.3) is 0 Å². The molecular formula is C16H18ClN3. The molecule has 0 fully saturated rings. The van der Waals surface area contributed by atoms with Crippen LogP contribution in [0.3, 0.4) is 0 Å². The van der Waals surface area contributed by atoms with E-state index < -0.39 is 5.41 Å². The summed E-state index contributed by atoms with van der Waals surface area (Å²) in [6.45, 7) is 4.25. The average molecular weight is 288 g/mol. The highest BCUT2D eigenvalue weighted by Crippen LogP contribution is 2.35. The van der Waals surface area contributed by atoms with Crippen molar-refractivity contribution < 1.29 is 0 Å². The van der Waals surface area contributed by atoms with Crippen molar-refractivity contribution in [1.82, 2.24) is 9.97 Å². The van der Waals surface area contributed by atoms with Crippen molar-refractivity contribution in [2.75, 3.05) is 0 Å². The van der Waals surface area contributed by atoms with E-state index in [-0.39, 0.29) is 0 Å². The Hall–Kier alpha value is -1.79. The lowest BCUT2D eigenvalue weighted by Crippen LogP contribution is -2.29. The first-order valence-electron chi connectivity index (χ1n) is 6.71. The smallest absolute Gasteiger partial charge is 0.0923 e. The molecule has 0 saturated carbocycles. The van der Waals surface area contributed by atoms with Gasteiger partial charge >= 0.3 is 0 Å². The van der Waals surface area contributed by atoms with Crippen LogP contribution >= 0.6 is 11.6 Å². The summed E-state index contributed by atoms with van der Waals surface area (Å²) in [7, 11) is 0. The number of hydrogen-bond donors (Lipinski definition) is 1. The Morgan fingerprint density at radius 3 is 2.80 bits per heavy atom. The first-order chi connectivity index (χ1) is 9.55. The number of benzene rings is 1. The van der Waals surface area contributed by atoms with Crippen LogP contribution < -0.4 is 0 Å². The summed E-state index contributed by atoms with van der Waals surface area (Å²) in [6.07, 6.45) is 4.85. The summed E-state index contributed by atoms with van der Waals surface area (Å²) in [5.41, 5.74) is 1.27. The van der Waals surface area contributed by atoms with Gasteiger partial charge in [0.15, 0.2) is 0 Å². The first kappa shape index (κ1) is 14.6. The predicted octanol–water partition coefficient (Wildman–Crippen LogP) is 4.11. The van der Waals surface area contributed by atoms with Crippen molar-refractivity contribution in [3.05, 3.63) is 53.1 Å². The zero-order valence-corrected chi connectivity index (χ0v) is 12.5. The standard InChI is InChI=1S/C16H18ClN3/c1-12(2)7-16(10-18,8-15-9-19-11-20-15)13-4-3-5-14(17)6-13/h3-6,9,11-12H,7-8H2,1-2H3,(H,19,20). The molecule has 104 valence electrons. The molecule has 1 aromatic carbocycles. The van der Waals surface area contributed by atoms with Gasteiger partial charge in [-0.05, 0) is 30.0 Å². The normalized spacial score (nSPS) is 13.9. The molecule has 3 nitrogen and oxygen atoms in total. The number of nitrogens with zero attached hydrogens (tertiary/aromatic N) is 2. The number of aromatic nitrogens is 2. The second-order valence-electron chi connectivity index (χ2n) is 5.54. The van der Waals surface area contributed by atoms with Crippen LogP contribution in [-0.2, 0) is 11.8 Å². The van der Waals surface area contributed by atoms with E-state index in [1.165, 1.54) is 0 Å². The monoisotopic (exact) mass is 287 g/mol. The number of hydrogen-bond acceptors (Lipinski definition) is 2. The minimum Gasteiger partial charge on any atom is -0.351 e. The maximum Gasteiger partial charge on any atom is 0.0923 e. The molecule has 1 unspecified atom stereocenters. The van der Waals surface area contributed by atoms with Crippen LogP contribution in [0.2, 0.25) is 5.02 Å². The van der Waals surface area contributed by atoms with Gasteiger partial charge in [-0.15, -0.1) is 0 Å². The average Bonchev–Trinajstić information content (AvgIpc) is 2.90. The van der Waals surface area contributed by atoms with Crippen molar-refractivity contribution in [2.45, 2.75) is 32.1 Å². The Labute approximate surface area is 124 Å². The molecule has 2 rings (SSSR count). The Bertz CT molecular complexity index is 598. The number of halogens is 1. The molecule has 0 aliphatic carbocycles. The molecule has 0 bridgehead atoms. The molecule has 0 aliphatic heterocycles. The minimum atomic E-state index is -0.589. The summed E-state index contributed by atoms with van der Waals surface area (Å²) in [5.74, 6) is 0.410. The largest absolute Gasteiger partial charge is 0.351 e. The van der Waals surface area contributed by atoms with Crippen molar-refractivity contribution in [2.24, 2.45) is 5.92 Å². The van der Waals surface area contributed by atoms with Gasteiger partial charge in [0.05, 0.1) is 23.5 Å². The summed E-state index contributed by atoms with van der Waals surface area (Å²) in [4.78, 5) is 7.21. The Morgan fingerprint density at radius 2 is 2.25 bits per heavy atom. The summed E-state index contributed by atoms with van der Waals surface area (Å²) in [6, 6.07) is 10.1. The third-order valence-corrected chi connectivity index (χ3v) is 3.62. The van der Waals surface area contributed by atoms with E-state index in [0.29, 0.717) is 17.4 Å². The number of nitrogens with one attached hydrogen (secondary N) is 1. The molecule has 0 saturated heterocycles. The molecule has 2 aromatic rings. The van der Waals surface area contributed by atoms with Gasteiger partial charge in [0.1, 0.15) is 0 Å². The number of aromatic amines is 1. The second kappa shape index (κ2) is 6.11. The van der Waals surface area contributed by atoms with Crippen LogP contribution in [0.25, 0.3) is 0 Å². The molecule has 1 aromatic heterocycles. The van der Waals surface area contributed by atoms with Crippen LogP contribution in [0.1, 0.15) is 31.5 Å². The van der Waals surface area contributed by atoms with E-state index in [2.05, 4.69) is 29.9 Å². The molecule has 1 heterocycles. The Balaban J connectivity index is 2.44. The van der Waals surface area contributed by atoms with Crippen molar-refractivity contribution >= 4 is 11.6 Å². The maximum atomic E-state index is 9.84. The highest BCUT2D eigenvalue weighted by atomic mass is 35.5. The zero-order valence-electron chi connectivity index (χ0n) is 11.7. The molecule has 0 spiro atoms. The van der Waals surface area contributed by atoms with Gasteiger partial charge in [0.2, 0.25) is 0 Å². The zero-order chi connectivity index (χ0) is 14.6. The van der Waals surface area contributed by atoms with Gasteiger partial charge in [-0.2, -0.15) is 5.26 Å². The number of rotatable bonds is 5. The van der Waals surface area contributed by atoms with Crippen molar-refractivity contribution in [1.29, 1.82) is 5.26 Å². The number of nitriles is 1. The lowest BCUT2D eigenvalue weighted by molar-refractivity contribution is 0.413. The molecule has 0 radical (unpaired) electrons. The van der Waals surface area contributed by atoms with E-state index in [0.717, 1.165) is 17.7 Å². The lowest BCUT2D eigenvalue weighted by Gasteiger charge is -2.28. The van der Waals surface area contributed by atoms with E-state index in [4.69, 9.17) is 11.6 Å². The highest BCUT2D eigenvalue weighted by Gasteiger charge is 2.34. The van der Waals surface area contributed by atoms with E-state index >= 15 is 0 Å². The summed E-state index contributed by atoms with van der Waals surface area (Å²) >= 11 is 6.10. The SMILES string of the molecule is CC(C)CC(C#N)(Cc1c[nH]cn1)c1cccc(Cl)c1. The third kappa shape index (κ3) is 3.20. The quantitative estimate of drug-likeness (QED) is 0.899.